The normalized spacial score (nSPS) is 26.1. The van der Waals surface area contributed by atoms with E-state index < -0.39 is 12.3 Å². The van der Waals surface area contributed by atoms with Crippen molar-refractivity contribution < 1.29 is 19.1 Å². The van der Waals surface area contributed by atoms with Gasteiger partial charge in [-0.15, -0.1) is 0 Å². The Kier molecular flexibility index (Phi) is 6.63. The highest BCUT2D eigenvalue weighted by Crippen LogP contribution is 2.31. The highest BCUT2D eigenvalue weighted by molar-refractivity contribution is 5.99. The fourth-order valence-electron chi connectivity index (χ4n) is 3.13. The van der Waals surface area contributed by atoms with E-state index in [0.29, 0.717) is 18.1 Å². The summed E-state index contributed by atoms with van der Waals surface area (Å²) in [5.74, 6) is -0.150. The van der Waals surface area contributed by atoms with Crippen LogP contribution in [0.3, 0.4) is 0 Å². The largest absolute Gasteiger partial charge is 0.432 e. The molecular formula is C18H29NO4. The molecule has 130 valence electrons. The van der Waals surface area contributed by atoms with Crippen LogP contribution in [0.4, 0.5) is 0 Å². The molecule has 2 rings (SSSR count). The molecule has 0 spiro atoms. The lowest BCUT2D eigenvalue weighted by molar-refractivity contribution is -0.183. The van der Waals surface area contributed by atoms with Crippen molar-refractivity contribution in [2.75, 3.05) is 6.61 Å². The fourth-order valence-corrected chi connectivity index (χ4v) is 3.13. The average molecular weight is 323 g/mol. The second-order valence-corrected chi connectivity index (χ2v) is 6.80. The lowest BCUT2D eigenvalue weighted by Gasteiger charge is -2.25. The van der Waals surface area contributed by atoms with Crippen LogP contribution in [-0.4, -0.2) is 30.8 Å². The minimum atomic E-state index is -0.464. The third kappa shape index (κ3) is 5.34. The number of amides is 1. The van der Waals surface area contributed by atoms with E-state index in [1.165, 1.54) is 0 Å². The summed E-state index contributed by atoms with van der Waals surface area (Å²) in [6.07, 6.45) is 6.47. The molecule has 0 aromatic carbocycles. The number of nitrogens with one attached hydrogen (secondary N) is 1. The van der Waals surface area contributed by atoms with Gasteiger partial charge in [0.1, 0.15) is 6.04 Å². The van der Waals surface area contributed by atoms with E-state index >= 15 is 0 Å². The zero-order chi connectivity index (χ0) is 16.8. The average Bonchev–Trinajstić information content (AvgIpc) is 3.27. The van der Waals surface area contributed by atoms with Crippen LogP contribution in [0.2, 0.25) is 0 Å². The summed E-state index contributed by atoms with van der Waals surface area (Å²) in [5.41, 5.74) is 0.394. The van der Waals surface area contributed by atoms with Crippen molar-refractivity contribution in [1.29, 1.82) is 0 Å². The maximum absolute atomic E-state index is 12.3. The second-order valence-electron chi connectivity index (χ2n) is 6.80. The molecule has 2 heterocycles. The Hall–Kier alpha value is -1.36. The summed E-state index contributed by atoms with van der Waals surface area (Å²) >= 11 is 0. The number of rotatable bonds is 9. The van der Waals surface area contributed by atoms with Gasteiger partial charge in [0.2, 0.25) is 12.2 Å². The smallest absolute Gasteiger partial charge is 0.336 e. The number of unbranched alkanes of at least 4 members (excludes halogenated alkanes) is 1. The summed E-state index contributed by atoms with van der Waals surface area (Å²) in [7, 11) is 0. The summed E-state index contributed by atoms with van der Waals surface area (Å²) < 4.78 is 10.9. The van der Waals surface area contributed by atoms with Crippen molar-refractivity contribution in [3.05, 3.63) is 12.2 Å². The quantitative estimate of drug-likeness (QED) is 0.402. The van der Waals surface area contributed by atoms with E-state index in [2.05, 4.69) is 25.7 Å². The maximum Gasteiger partial charge on any atom is 0.336 e. The second kappa shape index (κ2) is 8.48. The maximum atomic E-state index is 12.3. The molecule has 23 heavy (non-hydrogen) atoms. The summed E-state index contributed by atoms with van der Waals surface area (Å²) in [5, 5.41) is 2.79. The highest BCUT2D eigenvalue weighted by Gasteiger charge is 2.44. The molecule has 4 atom stereocenters. The van der Waals surface area contributed by atoms with Gasteiger partial charge in [-0.2, -0.15) is 0 Å². The summed E-state index contributed by atoms with van der Waals surface area (Å²) in [6, 6.07) is -0.272. The van der Waals surface area contributed by atoms with Gasteiger partial charge in [-0.05, 0) is 25.2 Å². The van der Waals surface area contributed by atoms with E-state index in [9.17, 15) is 9.59 Å². The molecule has 5 nitrogen and oxygen atoms in total. The van der Waals surface area contributed by atoms with Crippen molar-refractivity contribution in [1.82, 2.24) is 5.32 Å². The predicted molar refractivity (Wildman–Crippen MR) is 87.5 cm³/mol. The first-order valence-corrected chi connectivity index (χ1v) is 8.84. The van der Waals surface area contributed by atoms with Crippen LogP contribution in [0, 0.1) is 11.8 Å². The molecule has 0 aromatic heterocycles. The molecule has 2 fully saturated rings. The van der Waals surface area contributed by atoms with Gasteiger partial charge in [0.05, 0.1) is 6.61 Å². The number of carbonyl (C=O) groups is 2. The SMILES string of the molecule is C=C(C(=O)OC1CCCCO1)C(CC(C)CCCC)C1NC1=O. The van der Waals surface area contributed by atoms with Crippen molar-refractivity contribution in [3.8, 4) is 0 Å². The fraction of sp³-hybridized carbons (Fsp3) is 0.778. The first-order valence-electron chi connectivity index (χ1n) is 8.84. The van der Waals surface area contributed by atoms with Gasteiger partial charge in [0, 0.05) is 17.9 Å². The molecule has 0 radical (unpaired) electrons. The van der Waals surface area contributed by atoms with Crippen LogP contribution in [0.25, 0.3) is 0 Å². The molecule has 4 unspecified atom stereocenters. The lowest BCUT2D eigenvalue weighted by atomic mass is 9.85. The summed E-state index contributed by atoms with van der Waals surface area (Å²) in [6.45, 7) is 8.89. The first-order chi connectivity index (χ1) is 11.0. The highest BCUT2D eigenvalue weighted by atomic mass is 16.7. The minimum Gasteiger partial charge on any atom is -0.432 e. The number of carbonyl (C=O) groups excluding carboxylic acids is 2. The Morgan fingerprint density at radius 2 is 2.22 bits per heavy atom. The molecule has 0 aromatic rings. The Bertz CT molecular complexity index is 442. The standard InChI is InChI=1S/C18H29NO4/c1-4-5-8-12(2)11-14(16-17(20)19-16)13(3)18(21)23-15-9-6-7-10-22-15/h12,14-16H,3-11H2,1-2H3,(H,19,20). The number of ether oxygens (including phenoxy) is 2. The predicted octanol–water partition coefficient (Wildman–Crippen LogP) is 2.94. The van der Waals surface area contributed by atoms with E-state index in [1.807, 2.05) is 0 Å². The molecule has 1 amide bonds. The molecule has 5 heteroatoms. The first kappa shape index (κ1) is 18.0. The van der Waals surface area contributed by atoms with E-state index in [-0.39, 0.29) is 17.9 Å². The molecule has 0 aliphatic carbocycles. The van der Waals surface area contributed by atoms with Crippen LogP contribution in [0.5, 0.6) is 0 Å². The van der Waals surface area contributed by atoms with Crippen molar-refractivity contribution >= 4 is 11.9 Å². The van der Waals surface area contributed by atoms with Crippen LogP contribution in [0.15, 0.2) is 12.2 Å². The van der Waals surface area contributed by atoms with E-state index in [1.54, 1.807) is 0 Å². The van der Waals surface area contributed by atoms with Crippen molar-refractivity contribution in [3.63, 3.8) is 0 Å². The Morgan fingerprint density at radius 3 is 2.78 bits per heavy atom. The molecular weight excluding hydrogens is 294 g/mol. The van der Waals surface area contributed by atoms with Crippen LogP contribution in [-0.2, 0) is 19.1 Å². The van der Waals surface area contributed by atoms with Gasteiger partial charge in [-0.3, -0.25) is 4.79 Å². The Morgan fingerprint density at radius 1 is 1.48 bits per heavy atom. The van der Waals surface area contributed by atoms with E-state index in [0.717, 1.165) is 44.9 Å². The molecule has 2 saturated heterocycles. The van der Waals surface area contributed by atoms with Gasteiger partial charge in [-0.1, -0.05) is 39.7 Å². The summed E-state index contributed by atoms with van der Waals surface area (Å²) in [4.78, 5) is 23.9. The monoisotopic (exact) mass is 323 g/mol. The third-order valence-corrected chi connectivity index (χ3v) is 4.69. The van der Waals surface area contributed by atoms with Gasteiger partial charge in [-0.25, -0.2) is 4.79 Å². The zero-order valence-electron chi connectivity index (χ0n) is 14.3. The van der Waals surface area contributed by atoms with Crippen LogP contribution >= 0.6 is 0 Å². The zero-order valence-corrected chi connectivity index (χ0v) is 14.3. The van der Waals surface area contributed by atoms with Gasteiger partial charge < -0.3 is 14.8 Å². The molecule has 1 N–H and O–H groups in total. The third-order valence-electron chi connectivity index (χ3n) is 4.69. The van der Waals surface area contributed by atoms with Crippen molar-refractivity contribution in [2.45, 2.75) is 71.1 Å². The van der Waals surface area contributed by atoms with Gasteiger partial charge in [0.25, 0.3) is 0 Å². The molecule has 2 aliphatic heterocycles. The molecule has 0 bridgehead atoms. The topological polar surface area (TPSA) is 74.5 Å². The van der Waals surface area contributed by atoms with Crippen LogP contribution < -0.4 is 5.32 Å². The van der Waals surface area contributed by atoms with Gasteiger partial charge >= 0.3 is 5.97 Å². The van der Waals surface area contributed by atoms with Gasteiger partial charge in [0.15, 0.2) is 0 Å². The Labute approximate surface area is 138 Å². The van der Waals surface area contributed by atoms with Crippen LogP contribution in [0.1, 0.15) is 58.8 Å². The number of hydrogen-bond donors (Lipinski definition) is 1. The lowest BCUT2D eigenvalue weighted by Crippen LogP contribution is -2.29. The van der Waals surface area contributed by atoms with E-state index in [4.69, 9.17) is 9.47 Å². The van der Waals surface area contributed by atoms with Crippen molar-refractivity contribution in [2.24, 2.45) is 11.8 Å². The minimum absolute atomic E-state index is 0.000517. The molecule has 0 saturated carbocycles. The number of hydrogen-bond acceptors (Lipinski definition) is 4. The Balaban J connectivity index is 1.90. The number of esters is 1. The molecule has 2 aliphatic rings.